The molecule has 0 bridgehead atoms. The third kappa shape index (κ3) is 3.71. The van der Waals surface area contributed by atoms with Gasteiger partial charge in [-0.1, -0.05) is 33.1 Å². The fourth-order valence-corrected chi connectivity index (χ4v) is 3.71. The Labute approximate surface area is 117 Å². The molecule has 1 saturated carbocycles. The Balaban J connectivity index is 1.88. The molecule has 1 aliphatic carbocycles. The van der Waals surface area contributed by atoms with Crippen LogP contribution in [0.25, 0.3) is 0 Å². The van der Waals surface area contributed by atoms with Crippen LogP contribution in [0.3, 0.4) is 0 Å². The minimum atomic E-state index is 0.169. The smallest absolute Gasteiger partial charge is 0.223 e. The van der Waals surface area contributed by atoms with Gasteiger partial charge in [-0.2, -0.15) is 0 Å². The van der Waals surface area contributed by atoms with Crippen molar-refractivity contribution in [1.82, 2.24) is 10.6 Å². The third-order valence-electron chi connectivity index (χ3n) is 5.15. The molecule has 2 fully saturated rings. The van der Waals surface area contributed by atoms with Crippen LogP contribution in [0.5, 0.6) is 0 Å². The van der Waals surface area contributed by atoms with Crippen molar-refractivity contribution in [1.29, 1.82) is 0 Å². The Morgan fingerprint density at radius 1 is 1.21 bits per heavy atom. The number of piperidine rings is 1. The Morgan fingerprint density at radius 3 is 2.58 bits per heavy atom. The van der Waals surface area contributed by atoms with E-state index in [1.165, 1.54) is 38.5 Å². The van der Waals surface area contributed by atoms with Crippen molar-refractivity contribution in [3.63, 3.8) is 0 Å². The lowest BCUT2D eigenvalue weighted by atomic mass is 9.68. The highest BCUT2D eigenvalue weighted by Gasteiger charge is 2.37. The second-order valence-electron chi connectivity index (χ2n) is 7.14. The third-order valence-corrected chi connectivity index (χ3v) is 5.15. The van der Waals surface area contributed by atoms with Crippen LogP contribution in [-0.2, 0) is 4.79 Å². The molecule has 110 valence electrons. The fraction of sp³-hybridized carbons (Fsp3) is 0.938. The summed E-state index contributed by atoms with van der Waals surface area (Å²) in [6, 6.07) is 0.718. The summed E-state index contributed by atoms with van der Waals surface area (Å²) in [5, 5.41) is 6.81. The van der Waals surface area contributed by atoms with Gasteiger partial charge in [0.15, 0.2) is 0 Å². The Kier molecular flexibility index (Phi) is 4.88. The maximum absolute atomic E-state index is 12.5. The Morgan fingerprint density at radius 2 is 1.95 bits per heavy atom. The number of amides is 1. The van der Waals surface area contributed by atoms with Gasteiger partial charge >= 0.3 is 0 Å². The van der Waals surface area contributed by atoms with E-state index in [-0.39, 0.29) is 23.3 Å². The average Bonchev–Trinajstić information content (AvgIpc) is 2.39. The van der Waals surface area contributed by atoms with Crippen molar-refractivity contribution in [3.8, 4) is 0 Å². The molecule has 0 aromatic heterocycles. The summed E-state index contributed by atoms with van der Waals surface area (Å²) in [4.78, 5) is 12.5. The standard InChI is InChI=1S/C16H30N2O/c1-12(14-9-5-7-11-17-14)18-15(19)13-8-4-6-10-16(13,2)3/h12-14,17H,4-11H2,1-3H3,(H,18,19). The maximum Gasteiger partial charge on any atom is 0.223 e. The molecule has 2 aliphatic rings. The molecule has 0 aromatic rings. The zero-order valence-corrected chi connectivity index (χ0v) is 12.8. The number of nitrogens with one attached hydrogen (secondary N) is 2. The van der Waals surface area contributed by atoms with Crippen molar-refractivity contribution in [2.24, 2.45) is 11.3 Å². The predicted octanol–water partition coefficient (Wildman–Crippen LogP) is 2.85. The van der Waals surface area contributed by atoms with Gasteiger partial charge in [-0.15, -0.1) is 0 Å². The van der Waals surface area contributed by atoms with Crippen LogP contribution in [0.2, 0.25) is 0 Å². The molecular formula is C16H30N2O. The van der Waals surface area contributed by atoms with Crippen molar-refractivity contribution >= 4 is 5.91 Å². The summed E-state index contributed by atoms with van der Waals surface area (Å²) in [6.45, 7) is 7.75. The summed E-state index contributed by atoms with van der Waals surface area (Å²) >= 11 is 0. The number of hydrogen-bond acceptors (Lipinski definition) is 2. The van der Waals surface area contributed by atoms with Crippen LogP contribution in [-0.4, -0.2) is 24.5 Å². The summed E-state index contributed by atoms with van der Waals surface area (Å²) in [6.07, 6.45) is 8.47. The molecule has 3 nitrogen and oxygen atoms in total. The number of rotatable bonds is 3. The van der Waals surface area contributed by atoms with Gasteiger partial charge in [-0.05, 0) is 44.6 Å². The molecule has 0 radical (unpaired) electrons. The number of carbonyl (C=O) groups excluding carboxylic acids is 1. The van der Waals surface area contributed by atoms with Crippen LogP contribution >= 0.6 is 0 Å². The SMILES string of the molecule is CC(NC(=O)C1CCCCC1(C)C)C1CCCCN1. The normalized spacial score (nSPS) is 32.6. The summed E-state index contributed by atoms with van der Waals surface area (Å²) in [7, 11) is 0. The van der Waals surface area contributed by atoms with Crippen LogP contribution in [0.1, 0.15) is 65.7 Å². The highest BCUT2D eigenvalue weighted by Crippen LogP contribution is 2.40. The monoisotopic (exact) mass is 266 g/mol. The first-order chi connectivity index (χ1) is 9.00. The fourth-order valence-electron chi connectivity index (χ4n) is 3.71. The molecule has 1 saturated heterocycles. The quantitative estimate of drug-likeness (QED) is 0.824. The van der Waals surface area contributed by atoms with Gasteiger partial charge in [-0.25, -0.2) is 0 Å². The summed E-state index contributed by atoms with van der Waals surface area (Å²) < 4.78 is 0. The molecule has 0 spiro atoms. The van der Waals surface area contributed by atoms with E-state index < -0.39 is 0 Å². The van der Waals surface area contributed by atoms with Gasteiger partial charge in [0.25, 0.3) is 0 Å². The van der Waals surface area contributed by atoms with E-state index in [0.717, 1.165) is 13.0 Å². The van der Waals surface area contributed by atoms with Gasteiger partial charge in [0.05, 0.1) is 0 Å². The molecular weight excluding hydrogens is 236 g/mol. The molecule has 3 atom stereocenters. The molecule has 2 rings (SSSR count). The molecule has 3 unspecified atom stereocenters. The summed E-state index contributed by atoms with van der Waals surface area (Å²) in [5.74, 6) is 0.483. The molecule has 0 aromatic carbocycles. The zero-order chi connectivity index (χ0) is 13.9. The second kappa shape index (κ2) is 6.25. The molecule has 2 N–H and O–H groups in total. The van der Waals surface area contributed by atoms with E-state index in [4.69, 9.17) is 0 Å². The van der Waals surface area contributed by atoms with Crippen molar-refractivity contribution in [3.05, 3.63) is 0 Å². The molecule has 1 aliphatic heterocycles. The van der Waals surface area contributed by atoms with Crippen LogP contribution in [0.4, 0.5) is 0 Å². The minimum Gasteiger partial charge on any atom is -0.352 e. The minimum absolute atomic E-state index is 0.169. The molecule has 3 heteroatoms. The lowest BCUT2D eigenvalue weighted by Gasteiger charge is -2.39. The van der Waals surface area contributed by atoms with Gasteiger partial charge in [-0.3, -0.25) is 4.79 Å². The first-order valence-corrected chi connectivity index (χ1v) is 8.04. The molecule has 1 amide bonds. The molecule has 1 heterocycles. The van der Waals surface area contributed by atoms with Gasteiger partial charge in [0.2, 0.25) is 5.91 Å². The van der Waals surface area contributed by atoms with Gasteiger partial charge < -0.3 is 10.6 Å². The lowest BCUT2D eigenvalue weighted by Crippen LogP contribution is -2.53. The van der Waals surface area contributed by atoms with Gasteiger partial charge in [0.1, 0.15) is 0 Å². The topological polar surface area (TPSA) is 41.1 Å². The maximum atomic E-state index is 12.5. The summed E-state index contributed by atoms with van der Waals surface area (Å²) in [5.41, 5.74) is 0.169. The van der Waals surface area contributed by atoms with E-state index in [0.29, 0.717) is 6.04 Å². The predicted molar refractivity (Wildman–Crippen MR) is 79.0 cm³/mol. The highest BCUT2D eigenvalue weighted by atomic mass is 16.2. The largest absolute Gasteiger partial charge is 0.352 e. The first-order valence-electron chi connectivity index (χ1n) is 8.04. The zero-order valence-electron chi connectivity index (χ0n) is 12.8. The second-order valence-corrected chi connectivity index (χ2v) is 7.14. The van der Waals surface area contributed by atoms with Crippen LogP contribution in [0.15, 0.2) is 0 Å². The van der Waals surface area contributed by atoms with Crippen molar-refractivity contribution in [2.75, 3.05) is 6.54 Å². The van der Waals surface area contributed by atoms with Crippen molar-refractivity contribution < 1.29 is 4.79 Å². The number of hydrogen-bond donors (Lipinski definition) is 2. The number of carbonyl (C=O) groups is 1. The van der Waals surface area contributed by atoms with Gasteiger partial charge in [0, 0.05) is 18.0 Å². The lowest BCUT2D eigenvalue weighted by molar-refractivity contribution is -0.131. The Hall–Kier alpha value is -0.570. The molecule has 19 heavy (non-hydrogen) atoms. The van der Waals surface area contributed by atoms with Crippen LogP contribution < -0.4 is 10.6 Å². The van der Waals surface area contributed by atoms with E-state index in [1.54, 1.807) is 0 Å². The van der Waals surface area contributed by atoms with E-state index in [1.807, 2.05) is 0 Å². The highest BCUT2D eigenvalue weighted by molar-refractivity contribution is 5.79. The van der Waals surface area contributed by atoms with Crippen LogP contribution in [0, 0.1) is 11.3 Å². The van der Waals surface area contributed by atoms with E-state index in [2.05, 4.69) is 31.4 Å². The van der Waals surface area contributed by atoms with Crippen molar-refractivity contribution in [2.45, 2.75) is 77.8 Å². The van der Waals surface area contributed by atoms with E-state index in [9.17, 15) is 4.79 Å². The van der Waals surface area contributed by atoms with E-state index >= 15 is 0 Å². The Bertz CT molecular complexity index is 308. The first kappa shape index (κ1) is 14.8. The average molecular weight is 266 g/mol.